The molecule has 0 fully saturated rings. The number of aromatic nitrogens is 2. The molecule has 72 valence electrons. The Morgan fingerprint density at radius 2 is 2.00 bits per heavy atom. The van der Waals surface area contributed by atoms with Crippen LogP contribution in [0, 0.1) is 6.92 Å². The van der Waals surface area contributed by atoms with Gasteiger partial charge in [0.25, 0.3) is 0 Å². The number of aryl methyl sites for hydroxylation is 1. The Kier molecular flexibility index (Phi) is 2.15. The molecular weight excluding hydrogens is 168 g/mol. The van der Waals surface area contributed by atoms with E-state index in [-0.39, 0.29) is 11.1 Å². The van der Waals surface area contributed by atoms with Gasteiger partial charge < -0.3 is 10.1 Å². The van der Waals surface area contributed by atoms with Crippen molar-refractivity contribution in [2.75, 3.05) is 0 Å². The summed E-state index contributed by atoms with van der Waals surface area (Å²) in [5, 5.41) is 8.86. The molecule has 0 saturated carbocycles. The lowest BCUT2D eigenvalue weighted by molar-refractivity contribution is 0.0688. The van der Waals surface area contributed by atoms with Crippen LogP contribution < -0.4 is 0 Å². The molecular formula is C9H14N2O2. The van der Waals surface area contributed by atoms with Gasteiger partial charge in [0.05, 0.1) is 5.69 Å². The van der Waals surface area contributed by atoms with Gasteiger partial charge in [-0.15, -0.1) is 0 Å². The van der Waals surface area contributed by atoms with Crippen molar-refractivity contribution in [2.24, 2.45) is 0 Å². The summed E-state index contributed by atoms with van der Waals surface area (Å²) in [5.74, 6) is -0.336. The maximum atomic E-state index is 10.8. The smallest absolute Gasteiger partial charge is 0.356 e. The van der Waals surface area contributed by atoms with Crippen LogP contribution in [-0.2, 0) is 5.41 Å². The fourth-order valence-corrected chi connectivity index (χ4v) is 1.19. The highest BCUT2D eigenvalue weighted by Crippen LogP contribution is 2.23. The number of carboxylic acids is 1. The van der Waals surface area contributed by atoms with E-state index in [1.165, 1.54) is 0 Å². The average molecular weight is 182 g/mol. The highest BCUT2D eigenvalue weighted by atomic mass is 16.4. The molecule has 0 bridgehead atoms. The normalized spacial score (nSPS) is 11.7. The van der Waals surface area contributed by atoms with Gasteiger partial charge in [0.1, 0.15) is 5.82 Å². The third-order valence-electron chi connectivity index (χ3n) is 1.77. The average Bonchev–Trinajstić information content (AvgIpc) is 2.29. The number of nitrogens with one attached hydrogen (secondary N) is 1. The zero-order valence-electron chi connectivity index (χ0n) is 8.30. The number of imidazole rings is 1. The molecule has 0 atom stereocenters. The molecule has 0 aliphatic carbocycles. The molecule has 0 aromatic carbocycles. The van der Waals surface area contributed by atoms with E-state index in [2.05, 4.69) is 9.97 Å². The van der Waals surface area contributed by atoms with Crippen molar-refractivity contribution in [1.82, 2.24) is 9.97 Å². The Morgan fingerprint density at radius 1 is 1.46 bits per heavy atom. The standard InChI is InChI=1S/C9H14N2O2/c1-5-10-6(8(12)13)7(11-5)9(2,3)4/h1-4H3,(H,10,11)(H,12,13). The van der Waals surface area contributed by atoms with Crippen LogP contribution >= 0.6 is 0 Å². The van der Waals surface area contributed by atoms with Crippen molar-refractivity contribution in [2.45, 2.75) is 33.1 Å². The summed E-state index contributed by atoms with van der Waals surface area (Å²) in [7, 11) is 0. The van der Waals surface area contributed by atoms with Crippen LogP contribution in [-0.4, -0.2) is 21.0 Å². The van der Waals surface area contributed by atoms with Gasteiger partial charge in [-0.3, -0.25) is 0 Å². The number of aromatic carboxylic acids is 1. The minimum absolute atomic E-state index is 0.130. The minimum atomic E-state index is -0.978. The predicted molar refractivity (Wildman–Crippen MR) is 49.0 cm³/mol. The van der Waals surface area contributed by atoms with Gasteiger partial charge in [-0.1, -0.05) is 20.8 Å². The highest BCUT2D eigenvalue weighted by molar-refractivity contribution is 5.87. The summed E-state index contributed by atoms with van der Waals surface area (Å²) in [6.07, 6.45) is 0. The molecule has 0 spiro atoms. The zero-order chi connectivity index (χ0) is 10.2. The Balaban J connectivity index is 3.28. The van der Waals surface area contributed by atoms with Crippen LogP contribution in [0.1, 0.15) is 42.8 Å². The number of hydrogen-bond acceptors (Lipinski definition) is 2. The fourth-order valence-electron chi connectivity index (χ4n) is 1.19. The first-order valence-electron chi connectivity index (χ1n) is 4.12. The Morgan fingerprint density at radius 3 is 2.31 bits per heavy atom. The summed E-state index contributed by atoms with van der Waals surface area (Å²) in [6.45, 7) is 7.60. The largest absolute Gasteiger partial charge is 0.476 e. The second-order valence-corrected chi connectivity index (χ2v) is 4.10. The van der Waals surface area contributed by atoms with E-state index in [0.29, 0.717) is 11.5 Å². The molecule has 1 heterocycles. The van der Waals surface area contributed by atoms with Gasteiger partial charge in [0, 0.05) is 5.41 Å². The molecule has 0 saturated heterocycles. The van der Waals surface area contributed by atoms with Crippen molar-refractivity contribution in [3.05, 3.63) is 17.2 Å². The topological polar surface area (TPSA) is 66.0 Å². The van der Waals surface area contributed by atoms with E-state index in [1.807, 2.05) is 20.8 Å². The minimum Gasteiger partial charge on any atom is -0.476 e. The third kappa shape index (κ3) is 1.88. The zero-order valence-corrected chi connectivity index (χ0v) is 8.30. The van der Waals surface area contributed by atoms with E-state index >= 15 is 0 Å². The van der Waals surface area contributed by atoms with Crippen LogP contribution in [0.3, 0.4) is 0 Å². The predicted octanol–water partition coefficient (Wildman–Crippen LogP) is 1.71. The van der Waals surface area contributed by atoms with Crippen molar-refractivity contribution < 1.29 is 9.90 Å². The van der Waals surface area contributed by atoms with E-state index in [4.69, 9.17) is 5.11 Å². The number of nitrogens with zero attached hydrogens (tertiary/aromatic N) is 1. The SMILES string of the molecule is Cc1nc(C(=O)O)c(C(C)(C)C)[nH]1. The monoisotopic (exact) mass is 182 g/mol. The van der Waals surface area contributed by atoms with Crippen molar-refractivity contribution >= 4 is 5.97 Å². The third-order valence-corrected chi connectivity index (χ3v) is 1.77. The number of rotatable bonds is 1. The lowest BCUT2D eigenvalue weighted by atomic mass is 9.91. The molecule has 1 aromatic heterocycles. The van der Waals surface area contributed by atoms with E-state index in [1.54, 1.807) is 6.92 Å². The molecule has 1 rings (SSSR count). The van der Waals surface area contributed by atoms with E-state index < -0.39 is 5.97 Å². The van der Waals surface area contributed by atoms with Crippen molar-refractivity contribution in [1.29, 1.82) is 0 Å². The lowest BCUT2D eigenvalue weighted by Crippen LogP contribution is -2.16. The second-order valence-electron chi connectivity index (χ2n) is 4.10. The van der Waals surface area contributed by atoms with Crippen molar-refractivity contribution in [3.8, 4) is 0 Å². The quantitative estimate of drug-likeness (QED) is 0.694. The Labute approximate surface area is 77.0 Å². The number of aromatic amines is 1. The first kappa shape index (κ1) is 9.77. The van der Waals surface area contributed by atoms with Gasteiger partial charge in [-0.25, -0.2) is 9.78 Å². The molecule has 2 N–H and O–H groups in total. The maximum Gasteiger partial charge on any atom is 0.356 e. The summed E-state index contributed by atoms with van der Waals surface area (Å²) >= 11 is 0. The molecule has 0 unspecified atom stereocenters. The van der Waals surface area contributed by atoms with Gasteiger partial charge in [0.2, 0.25) is 0 Å². The van der Waals surface area contributed by atoms with E-state index in [9.17, 15) is 4.79 Å². The highest BCUT2D eigenvalue weighted by Gasteiger charge is 2.25. The van der Waals surface area contributed by atoms with Gasteiger partial charge in [0.15, 0.2) is 5.69 Å². The van der Waals surface area contributed by atoms with Crippen LogP contribution in [0.15, 0.2) is 0 Å². The Hall–Kier alpha value is -1.32. The summed E-state index contributed by atoms with van der Waals surface area (Å²) in [5.41, 5.74) is 0.595. The van der Waals surface area contributed by atoms with Crippen molar-refractivity contribution in [3.63, 3.8) is 0 Å². The van der Waals surface area contributed by atoms with Crippen LogP contribution in [0.25, 0.3) is 0 Å². The first-order valence-corrected chi connectivity index (χ1v) is 4.12. The molecule has 4 nitrogen and oxygen atoms in total. The fraction of sp³-hybridized carbons (Fsp3) is 0.556. The van der Waals surface area contributed by atoms with Gasteiger partial charge in [-0.2, -0.15) is 0 Å². The van der Waals surface area contributed by atoms with Crippen LogP contribution in [0.4, 0.5) is 0 Å². The summed E-state index contributed by atoms with van der Waals surface area (Å²) in [6, 6.07) is 0. The molecule has 0 amide bonds. The second kappa shape index (κ2) is 2.87. The molecule has 1 aromatic rings. The molecule has 13 heavy (non-hydrogen) atoms. The molecule has 0 radical (unpaired) electrons. The van der Waals surface area contributed by atoms with Gasteiger partial charge >= 0.3 is 5.97 Å². The molecule has 0 aliphatic heterocycles. The number of carboxylic acid groups (broad SMARTS) is 1. The lowest BCUT2D eigenvalue weighted by Gasteiger charge is -2.16. The van der Waals surface area contributed by atoms with E-state index in [0.717, 1.165) is 0 Å². The number of carbonyl (C=O) groups is 1. The van der Waals surface area contributed by atoms with Gasteiger partial charge in [-0.05, 0) is 6.92 Å². The maximum absolute atomic E-state index is 10.8. The van der Waals surface area contributed by atoms with Crippen LogP contribution in [0.2, 0.25) is 0 Å². The molecule has 0 aliphatic rings. The summed E-state index contributed by atoms with van der Waals surface area (Å²) in [4.78, 5) is 17.7. The number of H-pyrrole nitrogens is 1. The molecule has 4 heteroatoms. The first-order chi connectivity index (χ1) is 5.82. The van der Waals surface area contributed by atoms with Crippen LogP contribution in [0.5, 0.6) is 0 Å². The Bertz CT molecular complexity index is 334. The summed E-state index contributed by atoms with van der Waals surface area (Å²) < 4.78 is 0. The number of hydrogen-bond donors (Lipinski definition) is 2.